The number of fused-ring (bicyclic) bond motifs is 1. The molecule has 1 aromatic heterocycles. The lowest BCUT2D eigenvalue weighted by Crippen LogP contribution is -2.18. The Balaban J connectivity index is 0.000000246. The fraction of sp³-hybridized carbons (Fsp3) is 0.294. The molecule has 1 aliphatic heterocycles. The predicted octanol–water partition coefficient (Wildman–Crippen LogP) is 3.35. The van der Waals surface area contributed by atoms with E-state index >= 15 is 0 Å². The molecule has 5 heteroatoms. The number of aromatic nitrogens is 1. The largest absolute Gasteiger partial charge is 0.494 e. The highest BCUT2D eigenvalue weighted by Crippen LogP contribution is 2.26. The van der Waals surface area contributed by atoms with Gasteiger partial charge in [0.25, 0.3) is 0 Å². The van der Waals surface area contributed by atoms with E-state index in [1.54, 1.807) is 12.4 Å². The minimum absolute atomic E-state index is 0.0937. The Hall–Kier alpha value is -2.01. The lowest BCUT2D eigenvalue weighted by atomic mass is 10.0. The molecule has 3 rings (SSSR count). The second-order valence-corrected chi connectivity index (χ2v) is 5.26. The van der Waals surface area contributed by atoms with Gasteiger partial charge < -0.3 is 10.1 Å². The Bertz CT molecular complexity index is 564. The van der Waals surface area contributed by atoms with Crippen molar-refractivity contribution in [3.63, 3.8) is 0 Å². The van der Waals surface area contributed by atoms with Crippen LogP contribution in [0.5, 0.6) is 5.75 Å². The number of amides is 1. The molecule has 0 unspecified atom stereocenters. The van der Waals surface area contributed by atoms with E-state index < -0.39 is 0 Å². The van der Waals surface area contributed by atoms with Gasteiger partial charge in [-0.2, -0.15) is 12.6 Å². The number of benzene rings is 1. The molecule has 116 valence electrons. The van der Waals surface area contributed by atoms with Crippen LogP contribution in [-0.2, 0) is 11.2 Å². The average Bonchev–Trinajstić information content (AvgIpc) is 2.57. The van der Waals surface area contributed by atoms with Gasteiger partial charge in [-0.3, -0.25) is 9.78 Å². The van der Waals surface area contributed by atoms with Crippen LogP contribution in [0.4, 0.5) is 5.69 Å². The van der Waals surface area contributed by atoms with E-state index in [0.29, 0.717) is 13.0 Å². The van der Waals surface area contributed by atoms with Crippen LogP contribution >= 0.6 is 12.6 Å². The number of anilines is 1. The smallest absolute Gasteiger partial charge is 0.224 e. The van der Waals surface area contributed by atoms with Crippen LogP contribution in [-0.4, -0.2) is 23.3 Å². The maximum atomic E-state index is 11.2. The Morgan fingerprint density at radius 1 is 1.18 bits per heavy atom. The first-order valence-corrected chi connectivity index (χ1v) is 7.94. The van der Waals surface area contributed by atoms with Gasteiger partial charge >= 0.3 is 0 Å². The summed E-state index contributed by atoms with van der Waals surface area (Å²) in [7, 11) is 0. The van der Waals surface area contributed by atoms with Crippen LogP contribution in [0.1, 0.15) is 18.4 Å². The topological polar surface area (TPSA) is 51.2 Å². The van der Waals surface area contributed by atoms with Crippen LogP contribution in [0.25, 0.3) is 0 Å². The molecular weight excluding hydrogens is 296 g/mol. The summed E-state index contributed by atoms with van der Waals surface area (Å²) in [5, 5.41) is 2.85. The highest BCUT2D eigenvalue weighted by molar-refractivity contribution is 7.80. The molecule has 1 aromatic carbocycles. The van der Waals surface area contributed by atoms with E-state index in [2.05, 4.69) is 22.9 Å². The molecule has 0 atom stereocenters. The lowest BCUT2D eigenvalue weighted by Gasteiger charge is -2.17. The van der Waals surface area contributed by atoms with Gasteiger partial charge in [0.15, 0.2) is 0 Å². The highest BCUT2D eigenvalue weighted by Gasteiger charge is 2.14. The molecule has 0 bridgehead atoms. The van der Waals surface area contributed by atoms with Crippen LogP contribution < -0.4 is 10.1 Å². The van der Waals surface area contributed by atoms with Crippen LogP contribution in [0.3, 0.4) is 0 Å². The van der Waals surface area contributed by atoms with Crippen molar-refractivity contribution in [3.05, 3.63) is 54.4 Å². The van der Waals surface area contributed by atoms with Crippen molar-refractivity contribution in [1.29, 1.82) is 0 Å². The number of thiol groups is 1. The van der Waals surface area contributed by atoms with Gasteiger partial charge in [-0.05, 0) is 54.5 Å². The average molecular weight is 316 g/mol. The Kier molecular flexibility index (Phi) is 6.77. The SMILES string of the molecule is O=C1CCc2cc(OCCCS)ccc2N1.c1ccncc1. The third-order valence-electron chi connectivity index (χ3n) is 3.11. The molecule has 1 aliphatic rings. The van der Waals surface area contributed by atoms with Crippen LogP contribution in [0.15, 0.2) is 48.8 Å². The van der Waals surface area contributed by atoms with E-state index in [-0.39, 0.29) is 5.91 Å². The molecule has 0 fully saturated rings. The molecule has 0 radical (unpaired) electrons. The Morgan fingerprint density at radius 2 is 2.00 bits per heavy atom. The Morgan fingerprint density at radius 3 is 2.64 bits per heavy atom. The zero-order chi connectivity index (χ0) is 15.6. The maximum Gasteiger partial charge on any atom is 0.224 e. The molecule has 2 aromatic rings. The van der Waals surface area contributed by atoms with Gasteiger partial charge in [-0.15, -0.1) is 0 Å². The minimum atomic E-state index is 0.0937. The highest BCUT2D eigenvalue weighted by atomic mass is 32.1. The number of carbonyl (C=O) groups excluding carboxylic acids is 1. The second kappa shape index (κ2) is 9.10. The van der Waals surface area contributed by atoms with Crippen molar-refractivity contribution in [3.8, 4) is 5.75 Å². The summed E-state index contributed by atoms with van der Waals surface area (Å²) in [6.45, 7) is 0.689. The number of hydrogen-bond donors (Lipinski definition) is 2. The number of ether oxygens (including phenoxy) is 1. The minimum Gasteiger partial charge on any atom is -0.494 e. The van der Waals surface area contributed by atoms with E-state index in [9.17, 15) is 4.79 Å². The number of pyridine rings is 1. The van der Waals surface area contributed by atoms with Crippen molar-refractivity contribution in [2.24, 2.45) is 0 Å². The molecule has 2 heterocycles. The number of nitrogens with one attached hydrogen (secondary N) is 1. The van der Waals surface area contributed by atoms with Crippen LogP contribution in [0, 0.1) is 0 Å². The summed E-state index contributed by atoms with van der Waals surface area (Å²) < 4.78 is 5.58. The summed E-state index contributed by atoms with van der Waals surface area (Å²) in [6.07, 6.45) is 5.80. The first-order chi connectivity index (χ1) is 10.8. The van der Waals surface area contributed by atoms with E-state index in [1.807, 2.05) is 36.4 Å². The first kappa shape index (κ1) is 16.4. The summed E-state index contributed by atoms with van der Waals surface area (Å²) in [5.41, 5.74) is 2.07. The third kappa shape index (κ3) is 5.41. The molecular formula is C17H20N2O2S. The molecule has 1 N–H and O–H groups in total. The van der Waals surface area contributed by atoms with Crippen molar-refractivity contribution >= 4 is 24.2 Å². The van der Waals surface area contributed by atoms with Crippen molar-refractivity contribution in [2.75, 3.05) is 17.7 Å². The van der Waals surface area contributed by atoms with Gasteiger partial charge in [-0.25, -0.2) is 0 Å². The number of nitrogens with zero attached hydrogens (tertiary/aromatic N) is 1. The van der Waals surface area contributed by atoms with E-state index in [1.165, 1.54) is 0 Å². The standard InChI is InChI=1S/C12H15NO2S.C5H5N/c14-12-5-2-9-8-10(15-6-1-7-16)3-4-11(9)13-12;1-2-4-6-5-3-1/h3-4,8,16H,1-2,5-7H2,(H,13,14);1-5H. The third-order valence-corrected chi connectivity index (χ3v) is 3.43. The molecule has 0 spiro atoms. The van der Waals surface area contributed by atoms with Crippen molar-refractivity contribution in [2.45, 2.75) is 19.3 Å². The lowest BCUT2D eigenvalue weighted by molar-refractivity contribution is -0.116. The summed E-state index contributed by atoms with van der Waals surface area (Å²) in [4.78, 5) is 15.0. The molecule has 1 amide bonds. The monoisotopic (exact) mass is 316 g/mol. The van der Waals surface area contributed by atoms with Crippen molar-refractivity contribution in [1.82, 2.24) is 4.98 Å². The zero-order valence-corrected chi connectivity index (χ0v) is 13.3. The van der Waals surface area contributed by atoms with Gasteiger partial charge in [-0.1, -0.05) is 6.07 Å². The summed E-state index contributed by atoms with van der Waals surface area (Å²) in [5.74, 6) is 1.80. The number of rotatable bonds is 4. The summed E-state index contributed by atoms with van der Waals surface area (Å²) >= 11 is 4.13. The van der Waals surface area contributed by atoms with Crippen molar-refractivity contribution < 1.29 is 9.53 Å². The fourth-order valence-corrected chi connectivity index (χ4v) is 2.15. The molecule has 0 saturated heterocycles. The number of carbonyl (C=O) groups is 1. The summed E-state index contributed by atoms with van der Waals surface area (Å²) in [6, 6.07) is 11.5. The van der Waals surface area contributed by atoms with Gasteiger partial charge in [0.2, 0.25) is 5.91 Å². The van der Waals surface area contributed by atoms with Crippen LogP contribution in [0.2, 0.25) is 0 Å². The Labute approximate surface area is 136 Å². The number of aryl methyl sites for hydroxylation is 1. The predicted molar refractivity (Wildman–Crippen MR) is 91.6 cm³/mol. The van der Waals surface area contributed by atoms with Gasteiger partial charge in [0.1, 0.15) is 5.75 Å². The molecule has 22 heavy (non-hydrogen) atoms. The molecule has 0 aliphatic carbocycles. The zero-order valence-electron chi connectivity index (χ0n) is 12.4. The van der Waals surface area contributed by atoms with E-state index in [0.717, 1.165) is 35.6 Å². The number of hydrogen-bond acceptors (Lipinski definition) is 4. The first-order valence-electron chi connectivity index (χ1n) is 7.31. The maximum absolute atomic E-state index is 11.2. The normalized spacial score (nSPS) is 12.5. The van der Waals surface area contributed by atoms with E-state index in [4.69, 9.17) is 4.74 Å². The van der Waals surface area contributed by atoms with Gasteiger partial charge in [0.05, 0.1) is 6.61 Å². The molecule has 0 saturated carbocycles. The van der Waals surface area contributed by atoms with Gasteiger partial charge in [0, 0.05) is 24.5 Å². The second-order valence-electron chi connectivity index (χ2n) is 4.82. The fourth-order valence-electron chi connectivity index (χ4n) is 2.02. The quantitative estimate of drug-likeness (QED) is 0.672. The molecule has 4 nitrogen and oxygen atoms in total.